The van der Waals surface area contributed by atoms with Gasteiger partial charge in [-0.2, -0.15) is 5.26 Å². The van der Waals surface area contributed by atoms with E-state index in [9.17, 15) is 10.1 Å². The van der Waals surface area contributed by atoms with Crippen molar-refractivity contribution in [1.82, 2.24) is 9.47 Å². The molecule has 2 rings (SSSR count). The van der Waals surface area contributed by atoms with Crippen LogP contribution >= 0.6 is 0 Å². The van der Waals surface area contributed by atoms with E-state index in [1.165, 1.54) is 0 Å². The van der Waals surface area contributed by atoms with Crippen molar-refractivity contribution in [3.8, 4) is 6.07 Å². The second-order valence-corrected chi connectivity index (χ2v) is 5.49. The molecule has 1 aliphatic rings. The number of nitriles is 1. The zero-order chi connectivity index (χ0) is 15.4. The Bertz CT molecular complexity index is 587. The number of hydrogen-bond donors (Lipinski definition) is 0. The summed E-state index contributed by atoms with van der Waals surface area (Å²) in [6.45, 7) is 8.39. The molecule has 1 aromatic heterocycles. The van der Waals surface area contributed by atoms with Gasteiger partial charge in [-0.05, 0) is 38.5 Å². The van der Waals surface area contributed by atoms with E-state index in [1.807, 2.05) is 25.3 Å². The quantitative estimate of drug-likeness (QED) is 0.632. The first-order valence-electron chi connectivity index (χ1n) is 7.20. The largest absolute Gasteiger partial charge is 0.378 e. The maximum atomic E-state index is 12.3. The molecule has 0 atom stereocenters. The Hall–Kier alpha value is -2.06. The molecule has 0 saturated carbocycles. The van der Waals surface area contributed by atoms with Crippen LogP contribution in [0.15, 0.2) is 17.8 Å². The number of rotatable bonds is 3. The lowest BCUT2D eigenvalue weighted by Gasteiger charge is -2.26. The van der Waals surface area contributed by atoms with Crippen molar-refractivity contribution in [1.29, 1.82) is 5.26 Å². The average molecular weight is 287 g/mol. The highest BCUT2D eigenvalue weighted by atomic mass is 16.5. The molecule has 112 valence electrons. The molecule has 0 spiro atoms. The van der Waals surface area contributed by atoms with E-state index < -0.39 is 0 Å². The lowest BCUT2D eigenvalue weighted by atomic mass is 10.1. The van der Waals surface area contributed by atoms with Crippen molar-refractivity contribution in [2.24, 2.45) is 0 Å². The fraction of sp³-hybridized carbons (Fsp3) is 0.500. The maximum absolute atomic E-state index is 12.3. The normalized spacial score (nSPS) is 16.1. The highest BCUT2D eigenvalue weighted by molar-refractivity contribution is 6.01. The number of carbonyl (C=O) groups is 1. The van der Waals surface area contributed by atoms with Crippen LogP contribution in [0.2, 0.25) is 0 Å². The monoisotopic (exact) mass is 287 g/mol. The van der Waals surface area contributed by atoms with E-state index >= 15 is 0 Å². The Morgan fingerprint density at radius 1 is 1.43 bits per heavy atom. The lowest BCUT2D eigenvalue weighted by Crippen LogP contribution is -2.41. The second-order valence-electron chi connectivity index (χ2n) is 5.49. The van der Waals surface area contributed by atoms with Gasteiger partial charge >= 0.3 is 0 Å². The number of aryl methyl sites for hydroxylation is 1. The van der Waals surface area contributed by atoms with Gasteiger partial charge < -0.3 is 14.2 Å². The Morgan fingerprint density at radius 3 is 2.62 bits per heavy atom. The highest BCUT2D eigenvalue weighted by Crippen LogP contribution is 2.17. The standard InChI is InChI=1S/C16H21N3O2/c1-12(2)19-11-14(8-13(19)3)9-15(10-17)16(20)18-4-6-21-7-5-18/h8-9,11-12H,4-7H2,1-3H3/b15-9+. The lowest BCUT2D eigenvalue weighted by molar-refractivity contribution is -0.130. The van der Waals surface area contributed by atoms with Crippen LogP contribution in [0.4, 0.5) is 0 Å². The van der Waals surface area contributed by atoms with Crippen LogP contribution in [0, 0.1) is 18.3 Å². The molecule has 0 bridgehead atoms. The van der Waals surface area contributed by atoms with E-state index in [0.717, 1.165) is 11.3 Å². The highest BCUT2D eigenvalue weighted by Gasteiger charge is 2.20. The predicted molar refractivity (Wildman–Crippen MR) is 80.5 cm³/mol. The molecule has 1 aliphatic heterocycles. The molecule has 1 fully saturated rings. The first kappa shape index (κ1) is 15.3. The van der Waals surface area contributed by atoms with Crippen molar-refractivity contribution in [3.05, 3.63) is 29.1 Å². The summed E-state index contributed by atoms with van der Waals surface area (Å²) in [4.78, 5) is 14.0. The second kappa shape index (κ2) is 6.59. The number of morpholine rings is 1. The van der Waals surface area contributed by atoms with Gasteiger partial charge in [0.25, 0.3) is 5.91 Å². The zero-order valence-electron chi connectivity index (χ0n) is 12.8. The molecule has 2 heterocycles. The number of nitrogens with zero attached hydrogens (tertiary/aromatic N) is 3. The van der Waals surface area contributed by atoms with Crippen molar-refractivity contribution in [2.45, 2.75) is 26.8 Å². The molecule has 1 saturated heterocycles. The van der Waals surface area contributed by atoms with E-state index in [1.54, 1.807) is 11.0 Å². The van der Waals surface area contributed by atoms with Gasteiger partial charge in [0.1, 0.15) is 11.6 Å². The van der Waals surface area contributed by atoms with Crippen LogP contribution < -0.4 is 0 Å². The summed E-state index contributed by atoms with van der Waals surface area (Å²) < 4.78 is 7.35. The molecule has 0 unspecified atom stereocenters. The van der Waals surface area contributed by atoms with Crippen LogP contribution in [0.1, 0.15) is 31.1 Å². The van der Waals surface area contributed by atoms with Crippen molar-refractivity contribution in [3.63, 3.8) is 0 Å². The minimum absolute atomic E-state index is 0.179. The summed E-state index contributed by atoms with van der Waals surface area (Å²) in [5, 5.41) is 9.27. The van der Waals surface area contributed by atoms with Crippen LogP contribution in [-0.4, -0.2) is 41.7 Å². The molecule has 0 aliphatic carbocycles. The molecule has 0 radical (unpaired) electrons. The first-order valence-corrected chi connectivity index (χ1v) is 7.20. The summed E-state index contributed by atoms with van der Waals surface area (Å²) in [5.41, 5.74) is 2.18. The number of aromatic nitrogens is 1. The van der Waals surface area contributed by atoms with Gasteiger partial charge in [-0.15, -0.1) is 0 Å². The van der Waals surface area contributed by atoms with E-state index in [2.05, 4.69) is 18.4 Å². The van der Waals surface area contributed by atoms with Crippen LogP contribution in [0.25, 0.3) is 6.08 Å². The zero-order valence-corrected chi connectivity index (χ0v) is 12.8. The van der Waals surface area contributed by atoms with Gasteiger partial charge in [-0.25, -0.2) is 0 Å². The third-order valence-corrected chi connectivity index (χ3v) is 3.59. The summed E-state index contributed by atoms with van der Waals surface area (Å²) in [5.74, 6) is -0.212. The SMILES string of the molecule is Cc1cc(/C=C(\C#N)C(=O)N2CCOCC2)cn1C(C)C. The Kier molecular flexibility index (Phi) is 4.81. The van der Waals surface area contributed by atoms with Gasteiger partial charge in [0.05, 0.1) is 13.2 Å². The smallest absolute Gasteiger partial charge is 0.264 e. The Balaban J connectivity index is 2.22. The van der Waals surface area contributed by atoms with Crippen LogP contribution in [0.5, 0.6) is 0 Å². The third-order valence-electron chi connectivity index (χ3n) is 3.59. The van der Waals surface area contributed by atoms with Gasteiger partial charge in [0, 0.05) is 31.0 Å². The van der Waals surface area contributed by atoms with Crippen molar-refractivity contribution >= 4 is 12.0 Å². The summed E-state index contributed by atoms with van der Waals surface area (Å²) in [7, 11) is 0. The topological polar surface area (TPSA) is 58.3 Å². The van der Waals surface area contributed by atoms with Gasteiger partial charge in [0.2, 0.25) is 0 Å². The van der Waals surface area contributed by atoms with Crippen LogP contribution in [0.3, 0.4) is 0 Å². The molecule has 21 heavy (non-hydrogen) atoms. The van der Waals surface area contributed by atoms with Gasteiger partial charge in [-0.3, -0.25) is 4.79 Å². The van der Waals surface area contributed by atoms with E-state index in [0.29, 0.717) is 32.3 Å². The molecule has 5 nitrogen and oxygen atoms in total. The fourth-order valence-electron chi connectivity index (χ4n) is 2.50. The predicted octanol–water partition coefficient (Wildman–Crippen LogP) is 2.14. The molecule has 0 N–H and O–H groups in total. The molecule has 0 aromatic carbocycles. The molecule has 1 aromatic rings. The summed E-state index contributed by atoms with van der Waals surface area (Å²) in [6, 6.07) is 4.37. The fourth-order valence-corrected chi connectivity index (χ4v) is 2.50. The Morgan fingerprint density at radius 2 is 2.10 bits per heavy atom. The number of carbonyl (C=O) groups excluding carboxylic acids is 1. The summed E-state index contributed by atoms with van der Waals surface area (Å²) >= 11 is 0. The van der Waals surface area contributed by atoms with Crippen LogP contribution in [-0.2, 0) is 9.53 Å². The third kappa shape index (κ3) is 3.53. The van der Waals surface area contributed by atoms with Crippen molar-refractivity contribution in [2.75, 3.05) is 26.3 Å². The van der Waals surface area contributed by atoms with E-state index in [-0.39, 0.29) is 11.5 Å². The average Bonchev–Trinajstić information content (AvgIpc) is 2.86. The van der Waals surface area contributed by atoms with Gasteiger partial charge in [-0.1, -0.05) is 0 Å². The number of ether oxygens (including phenoxy) is 1. The maximum Gasteiger partial charge on any atom is 0.264 e. The van der Waals surface area contributed by atoms with Gasteiger partial charge in [0.15, 0.2) is 0 Å². The first-order chi connectivity index (χ1) is 10.0. The molecular weight excluding hydrogens is 266 g/mol. The van der Waals surface area contributed by atoms with Crippen molar-refractivity contribution < 1.29 is 9.53 Å². The minimum atomic E-state index is -0.212. The Labute approximate surface area is 125 Å². The van der Waals surface area contributed by atoms with E-state index in [4.69, 9.17) is 4.74 Å². The summed E-state index contributed by atoms with van der Waals surface area (Å²) in [6.07, 6.45) is 3.65. The number of hydrogen-bond acceptors (Lipinski definition) is 3. The molecule has 5 heteroatoms. The number of amides is 1. The molecule has 1 amide bonds. The minimum Gasteiger partial charge on any atom is -0.378 e. The molecular formula is C16H21N3O2.